The van der Waals surface area contributed by atoms with Gasteiger partial charge in [-0.1, -0.05) is 55.4 Å². The summed E-state index contributed by atoms with van der Waals surface area (Å²) < 4.78 is 10.8. The van der Waals surface area contributed by atoms with Crippen molar-refractivity contribution in [2.45, 2.75) is 174 Å². The Balaban J connectivity index is 0.000000215. The maximum atomic E-state index is 9.62. The van der Waals surface area contributed by atoms with Gasteiger partial charge in [0.15, 0.2) is 0 Å². The van der Waals surface area contributed by atoms with Gasteiger partial charge in [0, 0.05) is 24.5 Å². The van der Waals surface area contributed by atoms with E-state index < -0.39 is 0 Å². The summed E-state index contributed by atoms with van der Waals surface area (Å²) in [6.07, 6.45) is 13.0. The lowest BCUT2D eigenvalue weighted by atomic mass is 9.92. The van der Waals surface area contributed by atoms with Crippen molar-refractivity contribution in [1.29, 1.82) is 0 Å². The van der Waals surface area contributed by atoms with Gasteiger partial charge in [-0.3, -0.25) is 9.36 Å². The molecule has 1 saturated heterocycles. The van der Waals surface area contributed by atoms with Crippen molar-refractivity contribution in [3.8, 4) is 0 Å². The van der Waals surface area contributed by atoms with E-state index in [1.807, 2.05) is 0 Å². The SMILES string of the molecule is CC(C)c1cc(C(C)C)n(C2CCC(O)CC2)n1.CC(C)c1cc(C(C)C)n(C2CCC(OCCCN3CCCC3)CC2)n1. The van der Waals surface area contributed by atoms with Crippen LogP contribution in [0.25, 0.3) is 0 Å². The third-order valence-corrected chi connectivity index (χ3v) is 10.1. The maximum Gasteiger partial charge on any atom is 0.0653 e. The van der Waals surface area contributed by atoms with Crippen LogP contribution in [0, 0.1) is 0 Å². The first-order valence-corrected chi connectivity index (χ1v) is 18.2. The molecular formula is C37H65N5O2. The highest BCUT2D eigenvalue weighted by atomic mass is 16.5. The second-order valence-corrected chi connectivity index (χ2v) is 15.2. The Morgan fingerprint density at radius 1 is 0.682 bits per heavy atom. The fourth-order valence-electron chi connectivity index (χ4n) is 7.17. The number of aromatic nitrogens is 4. The molecule has 0 bridgehead atoms. The molecule has 3 heterocycles. The standard InChI is InChI=1S/C22H39N3O.C15H26N2O/c1-17(2)21-16-22(18(3)4)25(23-21)19-8-10-20(11-9-19)26-15-7-14-24-12-5-6-13-24;1-10(2)14-9-15(11(3)4)17(16-14)12-5-7-13(18)8-6-12/h16-20H,5-15H2,1-4H3;9-13,18H,5-8H2,1-4H3. The van der Waals surface area contributed by atoms with Crippen LogP contribution in [0.15, 0.2) is 12.1 Å². The molecule has 44 heavy (non-hydrogen) atoms. The van der Waals surface area contributed by atoms with Crippen molar-refractivity contribution in [2.75, 3.05) is 26.2 Å². The minimum Gasteiger partial charge on any atom is -0.393 e. The van der Waals surface area contributed by atoms with Crippen molar-refractivity contribution in [1.82, 2.24) is 24.5 Å². The lowest BCUT2D eigenvalue weighted by Crippen LogP contribution is -2.27. The van der Waals surface area contributed by atoms with E-state index in [2.05, 4.69) is 81.8 Å². The van der Waals surface area contributed by atoms with E-state index >= 15 is 0 Å². The van der Waals surface area contributed by atoms with E-state index in [4.69, 9.17) is 14.9 Å². The molecule has 7 nitrogen and oxygen atoms in total. The Labute approximate surface area is 269 Å². The van der Waals surface area contributed by atoms with Gasteiger partial charge in [-0.05, 0) is 120 Å². The number of ether oxygens (including phenoxy) is 1. The van der Waals surface area contributed by atoms with E-state index in [0.29, 0.717) is 41.9 Å². The number of hydrogen-bond donors (Lipinski definition) is 1. The molecule has 0 atom stereocenters. The Bertz CT molecular complexity index is 1100. The maximum absolute atomic E-state index is 9.62. The summed E-state index contributed by atoms with van der Waals surface area (Å²) in [6.45, 7) is 22.7. The van der Waals surface area contributed by atoms with Gasteiger partial charge < -0.3 is 14.7 Å². The highest BCUT2D eigenvalue weighted by molar-refractivity contribution is 5.18. The molecule has 3 aliphatic rings. The summed E-state index contributed by atoms with van der Waals surface area (Å²) in [6, 6.07) is 5.64. The molecule has 0 amide bonds. The largest absolute Gasteiger partial charge is 0.393 e. The Kier molecular flexibility index (Phi) is 13.4. The lowest BCUT2D eigenvalue weighted by molar-refractivity contribution is 0.0143. The molecule has 2 aromatic heterocycles. The molecule has 2 saturated carbocycles. The van der Waals surface area contributed by atoms with Gasteiger partial charge in [0.25, 0.3) is 0 Å². The van der Waals surface area contributed by atoms with Gasteiger partial charge >= 0.3 is 0 Å². The molecule has 0 spiro atoms. The molecule has 2 aliphatic carbocycles. The second kappa shape index (κ2) is 16.7. The molecule has 5 rings (SSSR count). The normalized spacial score (nSPS) is 24.9. The van der Waals surface area contributed by atoms with Crippen molar-refractivity contribution in [3.05, 3.63) is 34.9 Å². The quantitative estimate of drug-likeness (QED) is 0.257. The number of rotatable bonds is 11. The van der Waals surface area contributed by atoms with Gasteiger partial charge in [-0.2, -0.15) is 10.2 Å². The van der Waals surface area contributed by atoms with Crippen molar-refractivity contribution >= 4 is 0 Å². The molecule has 7 heteroatoms. The average molecular weight is 612 g/mol. The number of aliphatic hydroxyl groups excluding tert-OH is 1. The third kappa shape index (κ3) is 9.65. The predicted octanol–water partition coefficient (Wildman–Crippen LogP) is 8.72. The van der Waals surface area contributed by atoms with Crippen LogP contribution >= 0.6 is 0 Å². The highest BCUT2D eigenvalue weighted by Crippen LogP contribution is 2.34. The van der Waals surface area contributed by atoms with Crippen LogP contribution in [0.2, 0.25) is 0 Å². The summed E-state index contributed by atoms with van der Waals surface area (Å²) in [5.74, 6) is 2.04. The average Bonchev–Trinajstić information content (AvgIpc) is 3.77. The van der Waals surface area contributed by atoms with Crippen LogP contribution in [-0.4, -0.2) is 68.0 Å². The Morgan fingerprint density at radius 2 is 1.14 bits per heavy atom. The molecule has 250 valence electrons. The van der Waals surface area contributed by atoms with Crippen LogP contribution in [0.3, 0.4) is 0 Å². The van der Waals surface area contributed by atoms with Gasteiger partial charge in [0.1, 0.15) is 0 Å². The number of hydrogen-bond acceptors (Lipinski definition) is 5. The minimum atomic E-state index is -0.0936. The fraction of sp³-hybridized carbons (Fsp3) is 0.838. The molecule has 0 radical (unpaired) electrons. The number of aliphatic hydroxyl groups is 1. The smallest absolute Gasteiger partial charge is 0.0653 e. The monoisotopic (exact) mass is 612 g/mol. The summed E-state index contributed by atoms with van der Waals surface area (Å²) in [7, 11) is 0. The van der Waals surface area contributed by atoms with Gasteiger partial charge in [0.2, 0.25) is 0 Å². The summed E-state index contributed by atoms with van der Waals surface area (Å²) in [5, 5.41) is 19.4. The van der Waals surface area contributed by atoms with Gasteiger partial charge in [-0.15, -0.1) is 0 Å². The molecule has 1 N–H and O–H groups in total. The summed E-state index contributed by atoms with van der Waals surface area (Å²) in [4.78, 5) is 2.58. The van der Waals surface area contributed by atoms with Gasteiger partial charge in [0.05, 0.1) is 35.7 Å². The summed E-state index contributed by atoms with van der Waals surface area (Å²) in [5.41, 5.74) is 5.20. The fourth-order valence-corrected chi connectivity index (χ4v) is 7.17. The van der Waals surface area contributed by atoms with Crippen LogP contribution in [0.5, 0.6) is 0 Å². The van der Waals surface area contributed by atoms with E-state index in [0.717, 1.165) is 32.3 Å². The zero-order chi connectivity index (χ0) is 31.8. The van der Waals surface area contributed by atoms with Crippen molar-refractivity contribution in [3.63, 3.8) is 0 Å². The Hall–Kier alpha value is -1.70. The second-order valence-electron chi connectivity index (χ2n) is 15.2. The molecular weight excluding hydrogens is 546 g/mol. The highest BCUT2D eigenvalue weighted by Gasteiger charge is 2.27. The van der Waals surface area contributed by atoms with Crippen molar-refractivity contribution < 1.29 is 9.84 Å². The zero-order valence-corrected chi connectivity index (χ0v) is 29.5. The van der Waals surface area contributed by atoms with Gasteiger partial charge in [-0.25, -0.2) is 0 Å². The first-order chi connectivity index (χ1) is 21.0. The predicted molar refractivity (Wildman–Crippen MR) is 182 cm³/mol. The topological polar surface area (TPSA) is 68.3 Å². The molecule has 1 aliphatic heterocycles. The van der Waals surface area contributed by atoms with Crippen LogP contribution in [0.1, 0.15) is 185 Å². The minimum absolute atomic E-state index is 0.0936. The number of nitrogens with zero attached hydrogens (tertiary/aromatic N) is 5. The molecule has 3 fully saturated rings. The first kappa shape index (κ1) is 35.2. The van der Waals surface area contributed by atoms with E-state index in [-0.39, 0.29) is 6.10 Å². The molecule has 0 unspecified atom stereocenters. The van der Waals surface area contributed by atoms with E-state index in [1.54, 1.807) is 0 Å². The summed E-state index contributed by atoms with van der Waals surface area (Å²) >= 11 is 0. The van der Waals surface area contributed by atoms with Crippen LogP contribution in [0.4, 0.5) is 0 Å². The van der Waals surface area contributed by atoms with E-state index in [9.17, 15) is 5.11 Å². The lowest BCUT2D eigenvalue weighted by Gasteiger charge is -2.30. The van der Waals surface area contributed by atoms with Crippen LogP contribution in [-0.2, 0) is 4.74 Å². The van der Waals surface area contributed by atoms with Crippen molar-refractivity contribution in [2.24, 2.45) is 0 Å². The zero-order valence-electron chi connectivity index (χ0n) is 29.5. The Morgan fingerprint density at radius 3 is 1.57 bits per heavy atom. The molecule has 0 aromatic carbocycles. The number of likely N-dealkylation sites (tertiary alicyclic amines) is 1. The van der Waals surface area contributed by atoms with E-state index in [1.165, 1.54) is 87.4 Å². The third-order valence-electron chi connectivity index (χ3n) is 10.1. The first-order valence-electron chi connectivity index (χ1n) is 18.2. The molecule has 2 aromatic rings. The van der Waals surface area contributed by atoms with Crippen LogP contribution < -0.4 is 0 Å².